The van der Waals surface area contributed by atoms with E-state index in [0.717, 1.165) is 0 Å². The van der Waals surface area contributed by atoms with Crippen molar-refractivity contribution in [1.29, 1.82) is 0 Å². The van der Waals surface area contributed by atoms with Gasteiger partial charge in [0.25, 0.3) is 0 Å². The van der Waals surface area contributed by atoms with Crippen LogP contribution in [-0.2, 0) is 0 Å². The third-order valence-electron chi connectivity index (χ3n) is 3.21. The van der Waals surface area contributed by atoms with Gasteiger partial charge in [0, 0.05) is 30.1 Å². The molecule has 0 bridgehead atoms. The van der Waals surface area contributed by atoms with Crippen molar-refractivity contribution in [1.82, 2.24) is 0 Å². The van der Waals surface area contributed by atoms with Gasteiger partial charge >= 0.3 is 6.48 Å². The van der Waals surface area contributed by atoms with Gasteiger partial charge in [-0.2, -0.15) is 0 Å². The second kappa shape index (κ2) is 9.53. The molecule has 28 heavy (non-hydrogen) atoms. The second-order valence-corrected chi connectivity index (χ2v) is 8.08. The molecule has 0 fully saturated rings. The number of halogens is 6. The van der Waals surface area contributed by atoms with Crippen molar-refractivity contribution in [2.24, 2.45) is 0 Å². The van der Waals surface area contributed by atoms with Gasteiger partial charge in [-0.05, 0) is 54.6 Å². The molecular weight excluding hydrogens is 489 g/mol. The van der Waals surface area contributed by atoms with E-state index >= 15 is 0 Å². The molecule has 0 radical (unpaired) electrons. The molecule has 0 unspecified atom stereocenters. The average molecular weight is 499 g/mol. The minimum atomic E-state index is -1.25. The van der Waals surface area contributed by atoms with Crippen molar-refractivity contribution >= 4 is 69.6 Å². The first-order valence-electron chi connectivity index (χ1n) is 7.65. The highest BCUT2D eigenvalue weighted by Crippen LogP contribution is 2.30. The lowest BCUT2D eigenvalue weighted by molar-refractivity contribution is -0.140. The quantitative estimate of drug-likeness (QED) is 0.319. The summed E-state index contributed by atoms with van der Waals surface area (Å²) >= 11 is 36.1. The Bertz CT molecular complexity index is 807. The van der Waals surface area contributed by atoms with Crippen LogP contribution < -0.4 is 14.2 Å². The molecule has 0 aromatic heterocycles. The molecular formula is C19H10Cl6O3. The summed E-state index contributed by atoms with van der Waals surface area (Å²) in [7, 11) is 0. The number of ether oxygens (including phenoxy) is 3. The van der Waals surface area contributed by atoms with E-state index in [2.05, 4.69) is 0 Å². The lowest BCUT2D eigenvalue weighted by Gasteiger charge is -2.21. The highest BCUT2D eigenvalue weighted by Gasteiger charge is 2.17. The minimum absolute atomic E-state index is 0.323. The summed E-state index contributed by atoms with van der Waals surface area (Å²) < 4.78 is 17.3. The number of rotatable bonds is 6. The predicted octanol–water partition coefficient (Wildman–Crippen LogP) is 8.43. The van der Waals surface area contributed by atoms with Gasteiger partial charge in [-0.1, -0.05) is 69.6 Å². The zero-order valence-corrected chi connectivity index (χ0v) is 18.3. The van der Waals surface area contributed by atoms with E-state index in [9.17, 15) is 0 Å². The Labute approximate surface area is 191 Å². The molecule has 146 valence electrons. The zero-order chi connectivity index (χ0) is 20.3. The van der Waals surface area contributed by atoms with Gasteiger partial charge in [0.15, 0.2) is 0 Å². The van der Waals surface area contributed by atoms with E-state index in [0.29, 0.717) is 47.4 Å². The lowest BCUT2D eigenvalue weighted by Crippen LogP contribution is -2.30. The fourth-order valence-corrected chi connectivity index (χ4v) is 3.71. The molecule has 0 amide bonds. The third-order valence-corrected chi connectivity index (χ3v) is 4.51. The molecule has 0 saturated heterocycles. The van der Waals surface area contributed by atoms with E-state index in [1.165, 1.54) is 0 Å². The number of hydrogen-bond acceptors (Lipinski definition) is 3. The molecule has 3 rings (SSSR count). The van der Waals surface area contributed by atoms with Gasteiger partial charge in [0.2, 0.25) is 0 Å². The van der Waals surface area contributed by atoms with Crippen molar-refractivity contribution in [3.8, 4) is 17.2 Å². The van der Waals surface area contributed by atoms with Crippen LogP contribution >= 0.6 is 69.6 Å². The molecule has 0 spiro atoms. The molecule has 3 aromatic rings. The largest absolute Gasteiger partial charge is 0.423 e. The van der Waals surface area contributed by atoms with Crippen LogP contribution in [0.1, 0.15) is 0 Å². The number of hydrogen-bond donors (Lipinski definition) is 0. The summed E-state index contributed by atoms with van der Waals surface area (Å²) in [5.41, 5.74) is 0. The van der Waals surface area contributed by atoms with E-state index in [4.69, 9.17) is 83.8 Å². The highest BCUT2D eigenvalue weighted by molar-refractivity contribution is 6.35. The molecule has 9 heteroatoms. The molecule has 0 heterocycles. The van der Waals surface area contributed by atoms with Crippen LogP contribution in [0.5, 0.6) is 17.2 Å². The molecule has 3 nitrogen and oxygen atoms in total. The second-order valence-electron chi connectivity index (χ2n) is 5.46. The van der Waals surface area contributed by atoms with Crippen LogP contribution in [0.25, 0.3) is 0 Å². The summed E-state index contributed by atoms with van der Waals surface area (Å²) in [5.74, 6) is 0.969. The molecule has 3 aromatic carbocycles. The maximum absolute atomic E-state index is 6.02. The van der Waals surface area contributed by atoms with Crippen LogP contribution in [0.15, 0.2) is 54.6 Å². The van der Waals surface area contributed by atoms with Crippen molar-refractivity contribution in [2.75, 3.05) is 0 Å². The number of benzene rings is 3. The van der Waals surface area contributed by atoms with Gasteiger partial charge in [0.1, 0.15) is 17.2 Å². The van der Waals surface area contributed by atoms with Crippen molar-refractivity contribution in [2.45, 2.75) is 6.48 Å². The summed E-state index contributed by atoms with van der Waals surface area (Å²) in [5, 5.41) is 2.32. The Morgan fingerprint density at radius 1 is 0.393 bits per heavy atom. The van der Waals surface area contributed by atoms with Crippen molar-refractivity contribution in [3.05, 3.63) is 84.7 Å². The first-order valence-corrected chi connectivity index (χ1v) is 9.92. The van der Waals surface area contributed by atoms with Gasteiger partial charge in [-0.15, -0.1) is 0 Å². The average Bonchev–Trinajstić information content (AvgIpc) is 2.51. The highest BCUT2D eigenvalue weighted by atomic mass is 35.5. The van der Waals surface area contributed by atoms with Gasteiger partial charge in [-0.25, -0.2) is 0 Å². The summed E-state index contributed by atoms with van der Waals surface area (Å²) in [4.78, 5) is 0. The molecule has 0 aliphatic carbocycles. The van der Waals surface area contributed by atoms with Gasteiger partial charge in [0.05, 0.1) is 0 Å². The topological polar surface area (TPSA) is 27.7 Å². The summed E-state index contributed by atoms with van der Waals surface area (Å²) in [6.07, 6.45) is 0. The van der Waals surface area contributed by atoms with Crippen LogP contribution in [0, 0.1) is 0 Å². The Kier molecular flexibility index (Phi) is 7.32. The van der Waals surface area contributed by atoms with Crippen molar-refractivity contribution in [3.63, 3.8) is 0 Å². The maximum Gasteiger partial charge on any atom is 0.406 e. The molecule has 0 aliphatic rings. The Hall–Kier alpha value is -1.20. The van der Waals surface area contributed by atoms with Gasteiger partial charge in [-0.3, -0.25) is 0 Å². The van der Waals surface area contributed by atoms with E-state index in [1.807, 2.05) is 0 Å². The fraction of sp³-hybridized carbons (Fsp3) is 0.0526. The van der Waals surface area contributed by atoms with E-state index in [1.54, 1.807) is 54.6 Å². The smallest absolute Gasteiger partial charge is 0.406 e. The monoisotopic (exact) mass is 496 g/mol. The van der Waals surface area contributed by atoms with E-state index in [-0.39, 0.29) is 0 Å². The first kappa shape index (κ1) is 21.5. The van der Waals surface area contributed by atoms with Crippen LogP contribution in [0.2, 0.25) is 30.1 Å². The van der Waals surface area contributed by atoms with E-state index < -0.39 is 6.48 Å². The molecule has 0 saturated carbocycles. The molecule has 0 atom stereocenters. The minimum Gasteiger partial charge on any atom is -0.423 e. The van der Waals surface area contributed by atoms with Crippen molar-refractivity contribution < 1.29 is 14.2 Å². The lowest BCUT2D eigenvalue weighted by atomic mass is 10.3. The Morgan fingerprint density at radius 3 is 0.821 bits per heavy atom. The summed E-state index contributed by atoms with van der Waals surface area (Å²) in [6, 6.07) is 14.1. The first-order chi connectivity index (χ1) is 13.3. The molecule has 0 aliphatic heterocycles. The zero-order valence-electron chi connectivity index (χ0n) is 13.8. The summed E-state index contributed by atoms with van der Waals surface area (Å²) in [6.45, 7) is -1.25. The SMILES string of the molecule is Clc1cc(Cl)cc(OC(Oc2cc(Cl)cc(Cl)c2)Oc2cc(Cl)cc(Cl)c2)c1. The third kappa shape index (κ3) is 6.41. The maximum atomic E-state index is 6.02. The standard InChI is InChI=1S/C19H10Cl6O3/c20-10-1-11(21)5-16(4-10)26-19(27-17-6-12(22)2-13(23)7-17)28-18-8-14(24)3-15(25)9-18/h1-9,19H. The Balaban J connectivity index is 1.89. The normalized spacial score (nSPS) is 10.8. The van der Waals surface area contributed by atoms with Gasteiger partial charge < -0.3 is 14.2 Å². The van der Waals surface area contributed by atoms with Crippen LogP contribution in [-0.4, -0.2) is 6.48 Å². The van der Waals surface area contributed by atoms with Crippen LogP contribution in [0.3, 0.4) is 0 Å². The Morgan fingerprint density at radius 2 is 0.607 bits per heavy atom. The fourth-order valence-electron chi connectivity index (χ4n) is 2.20. The molecule has 0 N–H and O–H groups in total. The predicted molar refractivity (Wildman–Crippen MR) is 115 cm³/mol. The van der Waals surface area contributed by atoms with Crippen LogP contribution in [0.4, 0.5) is 0 Å².